The monoisotopic (exact) mass is 556 g/mol. The minimum Gasteiger partial charge on any atom is -0.490 e. The van der Waals surface area contributed by atoms with Gasteiger partial charge in [0.05, 0.1) is 13.2 Å². The molecule has 1 atom stereocenters. The van der Waals surface area contributed by atoms with E-state index < -0.39 is 0 Å². The number of aromatic nitrogens is 1. The first kappa shape index (κ1) is 26.1. The molecule has 32 heavy (non-hydrogen) atoms. The number of aliphatic hydroxyl groups excluding tert-OH is 1. The second kappa shape index (κ2) is 13.4. The van der Waals surface area contributed by atoms with E-state index in [0.717, 1.165) is 25.0 Å². The SMILES string of the molecule is CCOc1ccccc1Oc1ccc(CNC(=NC)NCC2(CCO)CCOC2)cn1.I. The quantitative estimate of drug-likeness (QED) is 0.235. The van der Waals surface area contributed by atoms with Gasteiger partial charge in [-0.15, -0.1) is 24.0 Å². The van der Waals surface area contributed by atoms with Crippen molar-refractivity contribution in [2.45, 2.75) is 26.3 Å². The van der Waals surface area contributed by atoms with Crippen molar-refractivity contribution in [3.05, 3.63) is 48.2 Å². The van der Waals surface area contributed by atoms with Crippen molar-refractivity contribution in [1.29, 1.82) is 0 Å². The molecule has 1 aliphatic rings. The van der Waals surface area contributed by atoms with Gasteiger partial charge in [0.25, 0.3) is 0 Å². The van der Waals surface area contributed by atoms with Crippen LogP contribution >= 0.6 is 24.0 Å². The first-order valence-corrected chi connectivity index (χ1v) is 10.7. The van der Waals surface area contributed by atoms with E-state index in [-0.39, 0.29) is 36.0 Å². The third kappa shape index (κ3) is 7.49. The van der Waals surface area contributed by atoms with Gasteiger partial charge >= 0.3 is 0 Å². The van der Waals surface area contributed by atoms with Gasteiger partial charge in [0, 0.05) is 51.0 Å². The summed E-state index contributed by atoms with van der Waals surface area (Å²) in [6, 6.07) is 11.3. The number of nitrogens with zero attached hydrogens (tertiary/aromatic N) is 2. The second-order valence-corrected chi connectivity index (χ2v) is 7.54. The van der Waals surface area contributed by atoms with Crippen LogP contribution in [0.25, 0.3) is 0 Å². The molecular weight excluding hydrogens is 523 g/mol. The van der Waals surface area contributed by atoms with E-state index in [1.165, 1.54) is 0 Å². The van der Waals surface area contributed by atoms with Crippen LogP contribution in [0.2, 0.25) is 0 Å². The minimum atomic E-state index is -0.0370. The number of benzene rings is 1. The molecule has 1 aromatic heterocycles. The Morgan fingerprint density at radius 3 is 2.66 bits per heavy atom. The molecule has 0 amide bonds. The van der Waals surface area contributed by atoms with Crippen LogP contribution in [0.5, 0.6) is 17.4 Å². The van der Waals surface area contributed by atoms with Crippen LogP contribution in [0, 0.1) is 5.41 Å². The molecular formula is C23H33IN4O4. The fourth-order valence-corrected chi connectivity index (χ4v) is 3.49. The minimum absolute atomic E-state index is 0. The molecule has 0 aliphatic carbocycles. The maximum Gasteiger partial charge on any atom is 0.219 e. The first-order valence-electron chi connectivity index (χ1n) is 10.7. The van der Waals surface area contributed by atoms with Crippen molar-refractivity contribution in [3.8, 4) is 17.4 Å². The molecule has 9 heteroatoms. The highest BCUT2D eigenvalue weighted by Gasteiger charge is 2.34. The molecule has 3 N–H and O–H groups in total. The van der Waals surface area contributed by atoms with Crippen LogP contribution in [0.4, 0.5) is 0 Å². The molecule has 2 aromatic rings. The lowest BCUT2D eigenvalue weighted by molar-refractivity contribution is 0.127. The van der Waals surface area contributed by atoms with Gasteiger partial charge in [-0.1, -0.05) is 18.2 Å². The molecule has 8 nitrogen and oxygen atoms in total. The summed E-state index contributed by atoms with van der Waals surface area (Å²) in [5.74, 6) is 2.54. The van der Waals surface area contributed by atoms with Crippen molar-refractivity contribution < 1.29 is 19.3 Å². The summed E-state index contributed by atoms with van der Waals surface area (Å²) < 4.78 is 17.0. The summed E-state index contributed by atoms with van der Waals surface area (Å²) in [5.41, 5.74) is 0.965. The van der Waals surface area contributed by atoms with Crippen molar-refractivity contribution in [1.82, 2.24) is 15.6 Å². The topological polar surface area (TPSA) is 97.2 Å². The van der Waals surface area contributed by atoms with Gasteiger partial charge < -0.3 is 30.0 Å². The smallest absolute Gasteiger partial charge is 0.219 e. The highest BCUT2D eigenvalue weighted by atomic mass is 127. The number of nitrogens with one attached hydrogen (secondary N) is 2. The molecule has 176 valence electrons. The lowest BCUT2D eigenvalue weighted by Gasteiger charge is -2.27. The Bertz CT molecular complexity index is 842. The Morgan fingerprint density at radius 1 is 1.22 bits per heavy atom. The maximum absolute atomic E-state index is 9.37. The van der Waals surface area contributed by atoms with Gasteiger partial charge in [-0.2, -0.15) is 0 Å². The maximum atomic E-state index is 9.37. The third-order valence-electron chi connectivity index (χ3n) is 5.30. The zero-order valence-electron chi connectivity index (χ0n) is 18.7. The van der Waals surface area contributed by atoms with Gasteiger partial charge in [-0.05, 0) is 37.5 Å². The highest BCUT2D eigenvalue weighted by molar-refractivity contribution is 14.0. The number of aliphatic hydroxyl groups is 1. The van der Waals surface area contributed by atoms with Gasteiger partial charge in [-0.25, -0.2) is 4.98 Å². The molecule has 0 saturated carbocycles. The molecule has 1 aromatic carbocycles. The standard InChI is InChI=1S/C23H32N4O4.HI/c1-3-30-19-6-4-5-7-20(19)31-21-9-8-18(14-25-21)15-26-22(24-2)27-16-23(10-12-28)11-13-29-17-23;/h4-9,14,28H,3,10-13,15-17H2,1-2H3,(H2,24,26,27);1H. The van der Waals surface area contributed by atoms with E-state index in [0.29, 0.717) is 49.6 Å². The molecule has 3 rings (SSSR count). The number of hydrogen-bond acceptors (Lipinski definition) is 6. The van der Waals surface area contributed by atoms with Gasteiger partial charge in [0.2, 0.25) is 5.88 Å². The summed E-state index contributed by atoms with van der Waals surface area (Å²) in [5, 5.41) is 16.0. The van der Waals surface area contributed by atoms with Crippen LogP contribution in [0.1, 0.15) is 25.3 Å². The van der Waals surface area contributed by atoms with E-state index in [4.69, 9.17) is 14.2 Å². The van der Waals surface area contributed by atoms with Crippen LogP contribution in [0.15, 0.2) is 47.6 Å². The molecule has 0 spiro atoms. The van der Waals surface area contributed by atoms with Gasteiger partial charge in [0.15, 0.2) is 17.5 Å². The van der Waals surface area contributed by atoms with E-state index in [1.807, 2.05) is 43.3 Å². The summed E-state index contributed by atoms with van der Waals surface area (Å²) >= 11 is 0. The number of aliphatic imine (C=N–C) groups is 1. The van der Waals surface area contributed by atoms with Crippen LogP contribution in [0.3, 0.4) is 0 Å². The van der Waals surface area contributed by atoms with Crippen LogP contribution in [-0.4, -0.2) is 56.1 Å². The van der Waals surface area contributed by atoms with Crippen LogP contribution in [-0.2, 0) is 11.3 Å². The number of guanidine groups is 1. The fourth-order valence-electron chi connectivity index (χ4n) is 3.49. The molecule has 1 aliphatic heterocycles. The van der Waals surface area contributed by atoms with Crippen molar-refractivity contribution in [2.75, 3.05) is 40.0 Å². The number of halogens is 1. The number of pyridine rings is 1. The predicted octanol–water partition coefficient (Wildman–Crippen LogP) is 3.34. The van der Waals surface area contributed by atoms with Gasteiger partial charge in [0.1, 0.15) is 0 Å². The molecule has 1 fully saturated rings. The third-order valence-corrected chi connectivity index (χ3v) is 5.30. The van der Waals surface area contributed by atoms with E-state index in [9.17, 15) is 5.11 Å². The average Bonchev–Trinajstić information content (AvgIpc) is 3.25. The number of para-hydroxylation sites is 2. The Hall–Kier alpha value is -2.11. The average molecular weight is 556 g/mol. The molecule has 0 radical (unpaired) electrons. The lowest BCUT2D eigenvalue weighted by Crippen LogP contribution is -2.44. The molecule has 1 saturated heterocycles. The zero-order chi connectivity index (χ0) is 21.9. The number of ether oxygens (including phenoxy) is 3. The highest BCUT2D eigenvalue weighted by Crippen LogP contribution is 2.31. The largest absolute Gasteiger partial charge is 0.490 e. The number of rotatable bonds is 10. The predicted molar refractivity (Wildman–Crippen MR) is 135 cm³/mol. The molecule has 0 bridgehead atoms. The van der Waals surface area contributed by atoms with E-state index >= 15 is 0 Å². The van der Waals surface area contributed by atoms with E-state index in [1.54, 1.807) is 13.2 Å². The molecule has 1 unspecified atom stereocenters. The molecule has 2 heterocycles. The van der Waals surface area contributed by atoms with Crippen LogP contribution < -0.4 is 20.1 Å². The lowest BCUT2D eigenvalue weighted by atomic mass is 9.84. The first-order chi connectivity index (χ1) is 15.2. The van der Waals surface area contributed by atoms with Gasteiger partial charge in [-0.3, -0.25) is 4.99 Å². The Kier molecular flexibility index (Phi) is 11.0. The van der Waals surface area contributed by atoms with Crippen molar-refractivity contribution in [2.24, 2.45) is 10.4 Å². The van der Waals surface area contributed by atoms with Crippen molar-refractivity contribution >= 4 is 29.9 Å². The Morgan fingerprint density at radius 2 is 2.03 bits per heavy atom. The zero-order valence-corrected chi connectivity index (χ0v) is 21.0. The number of hydrogen-bond donors (Lipinski definition) is 3. The van der Waals surface area contributed by atoms with E-state index in [2.05, 4.69) is 20.6 Å². The Labute approximate surface area is 206 Å². The normalized spacial score (nSPS) is 18.0. The fraction of sp³-hybridized carbons (Fsp3) is 0.478. The Balaban J connectivity index is 0.00000363. The second-order valence-electron chi connectivity index (χ2n) is 7.54. The van der Waals surface area contributed by atoms with Crippen molar-refractivity contribution in [3.63, 3.8) is 0 Å². The summed E-state index contributed by atoms with van der Waals surface area (Å²) in [7, 11) is 1.74. The summed E-state index contributed by atoms with van der Waals surface area (Å²) in [4.78, 5) is 8.69. The summed E-state index contributed by atoms with van der Waals surface area (Å²) in [6.07, 6.45) is 3.43. The summed E-state index contributed by atoms with van der Waals surface area (Å²) in [6.45, 7) is 5.35.